The van der Waals surface area contributed by atoms with Crippen molar-refractivity contribution in [2.45, 2.75) is 17.7 Å². The fourth-order valence-corrected chi connectivity index (χ4v) is 3.79. The van der Waals surface area contributed by atoms with Crippen molar-refractivity contribution in [3.63, 3.8) is 0 Å². The summed E-state index contributed by atoms with van der Waals surface area (Å²) in [5.41, 5.74) is 1.97. The molecule has 2 N–H and O–H groups in total. The molecule has 0 fully saturated rings. The maximum Gasteiger partial charge on any atom is 0.261 e. The van der Waals surface area contributed by atoms with Gasteiger partial charge in [0.1, 0.15) is 0 Å². The zero-order valence-electron chi connectivity index (χ0n) is 14.9. The number of amides is 1. The van der Waals surface area contributed by atoms with E-state index >= 15 is 0 Å². The molecule has 3 rings (SSSR count). The van der Waals surface area contributed by atoms with Crippen LogP contribution in [0.3, 0.4) is 0 Å². The van der Waals surface area contributed by atoms with Gasteiger partial charge in [0, 0.05) is 17.1 Å². The van der Waals surface area contributed by atoms with Crippen molar-refractivity contribution in [1.82, 2.24) is 0 Å². The van der Waals surface area contributed by atoms with Crippen LogP contribution in [0.15, 0.2) is 83.8 Å². The number of hydrogen-bond acceptors (Lipinski definition) is 3. The molecule has 0 unspecified atom stereocenters. The Kier molecular flexibility index (Phi) is 6.34. The predicted octanol–water partition coefficient (Wildman–Crippen LogP) is 4.71. The highest BCUT2D eigenvalue weighted by Gasteiger charge is 2.14. The van der Waals surface area contributed by atoms with Gasteiger partial charge in [-0.1, -0.05) is 48.0 Å². The van der Waals surface area contributed by atoms with Crippen LogP contribution in [-0.2, 0) is 21.2 Å². The maximum absolute atomic E-state index is 12.5. The molecule has 0 radical (unpaired) electrons. The molecule has 28 heavy (non-hydrogen) atoms. The second-order valence-corrected chi connectivity index (χ2v) is 8.29. The number of halogens is 1. The van der Waals surface area contributed by atoms with Crippen molar-refractivity contribution in [3.05, 3.63) is 89.4 Å². The summed E-state index contributed by atoms with van der Waals surface area (Å²) < 4.78 is 27.4. The Morgan fingerprint density at radius 1 is 0.857 bits per heavy atom. The molecule has 144 valence electrons. The number of carbonyl (C=O) groups is 1. The van der Waals surface area contributed by atoms with Crippen LogP contribution in [0.5, 0.6) is 0 Å². The summed E-state index contributed by atoms with van der Waals surface area (Å²) in [6.07, 6.45) is 0.973. The summed E-state index contributed by atoms with van der Waals surface area (Å²) in [5, 5.41) is 3.25. The third-order valence-electron chi connectivity index (χ3n) is 4.01. The van der Waals surface area contributed by atoms with Crippen molar-refractivity contribution in [2.24, 2.45) is 0 Å². The lowest BCUT2D eigenvalue weighted by atomic mass is 10.1. The van der Waals surface area contributed by atoms with Crippen molar-refractivity contribution in [1.29, 1.82) is 0 Å². The molecule has 0 atom stereocenters. The standard InChI is InChI=1S/C21H19ClN2O3S/c22-17-10-12-20(13-11-17)28(26,27)24-19-8-4-7-18(15-19)23-21(25)14-9-16-5-2-1-3-6-16/h1-8,10-13,15,24H,9,14H2,(H,23,25). The minimum atomic E-state index is -3.74. The number of hydrogen-bond donors (Lipinski definition) is 2. The second kappa shape index (κ2) is 8.91. The van der Waals surface area contributed by atoms with Crippen molar-refractivity contribution in [2.75, 3.05) is 10.0 Å². The highest BCUT2D eigenvalue weighted by atomic mass is 35.5. The zero-order valence-corrected chi connectivity index (χ0v) is 16.5. The predicted molar refractivity (Wildman–Crippen MR) is 112 cm³/mol. The molecule has 0 aliphatic rings. The first kappa shape index (κ1) is 19.9. The molecule has 0 aromatic heterocycles. The molecule has 0 saturated heterocycles. The number of sulfonamides is 1. The van der Waals surface area contributed by atoms with Crippen molar-refractivity contribution in [3.8, 4) is 0 Å². The molecule has 0 spiro atoms. The van der Waals surface area contributed by atoms with E-state index in [2.05, 4.69) is 10.0 Å². The van der Waals surface area contributed by atoms with Crippen LogP contribution in [-0.4, -0.2) is 14.3 Å². The van der Waals surface area contributed by atoms with Crippen LogP contribution in [0.1, 0.15) is 12.0 Å². The average Bonchev–Trinajstić information content (AvgIpc) is 2.67. The Morgan fingerprint density at radius 3 is 2.25 bits per heavy atom. The summed E-state index contributed by atoms with van der Waals surface area (Å²) in [6.45, 7) is 0. The molecule has 7 heteroatoms. The second-order valence-electron chi connectivity index (χ2n) is 6.17. The summed E-state index contributed by atoms with van der Waals surface area (Å²) in [7, 11) is -3.74. The van der Waals surface area contributed by atoms with E-state index in [9.17, 15) is 13.2 Å². The van der Waals surface area contributed by atoms with Crippen molar-refractivity contribution >= 4 is 38.9 Å². The highest BCUT2D eigenvalue weighted by Crippen LogP contribution is 2.21. The quantitative estimate of drug-likeness (QED) is 0.587. The molecule has 0 saturated carbocycles. The van der Waals surface area contributed by atoms with E-state index in [-0.39, 0.29) is 10.8 Å². The average molecular weight is 415 g/mol. The minimum Gasteiger partial charge on any atom is -0.326 e. The number of rotatable bonds is 7. The Morgan fingerprint density at radius 2 is 1.54 bits per heavy atom. The van der Waals surface area contributed by atoms with E-state index in [1.807, 2.05) is 30.3 Å². The number of nitrogens with one attached hydrogen (secondary N) is 2. The number of aryl methyl sites for hydroxylation is 1. The molecular weight excluding hydrogens is 396 g/mol. The Bertz CT molecular complexity index is 1050. The number of benzene rings is 3. The van der Waals surface area contributed by atoms with Gasteiger partial charge in [0.25, 0.3) is 10.0 Å². The molecule has 3 aromatic carbocycles. The van der Waals surface area contributed by atoms with Crippen LogP contribution >= 0.6 is 11.6 Å². The van der Waals surface area contributed by atoms with E-state index in [4.69, 9.17) is 11.6 Å². The van der Waals surface area contributed by atoms with E-state index in [1.54, 1.807) is 24.3 Å². The topological polar surface area (TPSA) is 75.3 Å². The Labute approximate surface area is 169 Å². The third-order valence-corrected chi connectivity index (χ3v) is 5.66. The Hall–Kier alpha value is -2.83. The van der Waals surface area contributed by atoms with E-state index < -0.39 is 10.0 Å². The summed E-state index contributed by atoms with van der Waals surface area (Å²) >= 11 is 5.80. The summed E-state index contributed by atoms with van der Waals surface area (Å²) in [6, 6.07) is 22.2. The van der Waals surface area contributed by atoms with Gasteiger partial charge in [0.05, 0.1) is 10.6 Å². The van der Waals surface area contributed by atoms with Gasteiger partial charge in [0.2, 0.25) is 5.91 Å². The van der Waals surface area contributed by atoms with Gasteiger partial charge in [-0.3, -0.25) is 9.52 Å². The lowest BCUT2D eigenvalue weighted by molar-refractivity contribution is -0.116. The van der Waals surface area contributed by atoms with Gasteiger partial charge in [0.15, 0.2) is 0 Å². The van der Waals surface area contributed by atoms with Crippen LogP contribution in [0.25, 0.3) is 0 Å². The van der Waals surface area contributed by atoms with Gasteiger partial charge in [-0.2, -0.15) is 0 Å². The van der Waals surface area contributed by atoms with Gasteiger partial charge < -0.3 is 5.32 Å². The van der Waals surface area contributed by atoms with Gasteiger partial charge in [-0.05, 0) is 54.4 Å². The van der Waals surface area contributed by atoms with E-state index in [1.165, 1.54) is 24.3 Å². The monoisotopic (exact) mass is 414 g/mol. The van der Waals surface area contributed by atoms with E-state index in [0.717, 1.165) is 5.56 Å². The smallest absolute Gasteiger partial charge is 0.261 e. The van der Waals surface area contributed by atoms with E-state index in [0.29, 0.717) is 29.2 Å². The minimum absolute atomic E-state index is 0.106. The first-order valence-corrected chi connectivity index (χ1v) is 10.5. The molecule has 1 amide bonds. The number of anilines is 2. The summed E-state index contributed by atoms with van der Waals surface area (Å²) in [4.78, 5) is 12.3. The SMILES string of the molecule is O=C(CCc1ccccc1)Nc1cccc(NS(=O)(=O)c2ccc(Cl)cc2)c1. The van der Waals surface area contributed by atoms with Crippen LogP contribution in [0, 0.1) is 0 Å². The Balaban J connectivity index is 1.63. The highest BCUT2D eigenvalue weighted by molar-refractivity contribution is 7.92. The van der Waals surface area contributed by atoms with Crippen LogP contribution < -0.4 is 10.0 Å². The molecule has 0 aliphatic carbocycles. The van der Waals surface area contributed by atoms with Gasteiger partial charge in [-0.25, -0.2) is 8.42 Å². The maximum atomic E-state index is 12.5. The zero-order chi connectivity index (χ0) is 20.0. The van der Waals surface area contributed by atoms with Gasteiger partial charge in [-0.15, -0.1) is 0 Å². The lowest BCUT2D eigenvalue weighted by Gasteiger charge is -2.10. The fourth-order valence-electron chi connectivity index (χ4n) is 2.61. The fraction of sp³-hybridized carbons (Fsp3) is 0.0952. The third kappa shape index (κ3) is 5.58. The molecule has 0 bridgehead atoms. The van der Waals surface area contributed by atoms with Gasteiger partial charge >= 0.3 is 0 Å². The van der Waals surface area contributed by atoms with Crippen LogP contribution in [0.2, 0.25) is 5.02 Å². The summed E-state index contributed by atoms with van der Waals surface area (Å²) in [5.74, 6) is -0.137. The first-order valence-electron chi connectivity index (χ1n) is 8.65. The molecule has 0 heterocycles. The molecule has 5 nitrogen and oxygen atoms in total. The normalized spacial score (nSPS) is 11.0. The molecule has 0 aliphatic heterocycles. The van der Waals surface area contributed by atoms with Crippen molar-refractivity contribution < 1.29 is 13.2 Å². The first-order chi connectivity index (χ1) is 13.4. The molecular formula is C21H19ClN2O3S. The largest absolute Gasteiger partial charge is 0.326 e. The lowest BCUT2D eigenvalue weighted by Crippen LogP contribution is -2.14. The number of carbonyl (C=O) groups excluding carboxylic acids is 1. The molecule has 3 aromatic rings. The van der Waals surface area contributed by atoms with Crippen LogP contribution in [0.4, 0.5) is 11.4 Å².